The standard InChI is InChI=1S/C12H13ClN2O2/c1-4-15-11(16)9-6-8(17-3)5-7(2)10(9)14-12(15)13/h5-6H,4H2,1-3H3. The lowest BCUT2D eigenvalue weighted by atomic mass is 10.1. The van der Waals surface area contributed by atoms with Crippen LogP contribution < -0.4 is 10.3 Å². The molecule has 17 heavy (non-hydrogen) atoms. The van der Waals surface area contributed by atoms with Crippen molar-refractivity contribution in [2.24, 2.45) is 0 Å². The van der Waals surface area contributed by atoms with Crippen LogP contribution in [0.2, 0.25) is 5.28 Å². The van der Waals surface area contributed by atoms with Gasteiger partial charge in [0.2, 0.25) is 5.28 Å². The van der Waals surface area contributed by atoms with E-state index in [0.29, 0.717) is 23.2 Å². The van der Waals surface area contributed by atoms with Gasteiger partial charge in [-0.15, -0.1) is 0 Å². The van der Waals surface area contributed by atoms with E-state index >= 15 is 0 Å². The monoisotopic (exact) mass is 252 g/mol. The van der Waals surface area contributed by atoms with Crippen molar-refractivity contribution in [3.05, 3.63) is 33.3 Å². The molecular formula is C12H13ClN2O2. The summed E-state index contributed by atoms with van der Waals surface area (Å²) < 4.78 is 6.59. The maximum Gasteiger partial charge on any atom is 0.262 e. The molecule has 0 atom stereocenters. The molecule has 0 N–H and O–H groups in total. The molecular weight excluding hydrogens is 240 g/mol. The highest BCUT2D eigenvalue weighted by Crippen LogP contribution is 2.22. The third kappa shape index (κ3) is 1.89. The number of ether oxygens (including phenoxy) is 1. The quantitative estimate of drug-likeness (QED) is 0.771. The van der Waals surface area contributed by atoms with Crippen molar-refractivity contribution >= 4 is 22.5 Å². The largest absolute Gasteiger partial charge is 0.497 e. The summed E-state index contributed by atoms with van der Waals surface area (Å²) in [4.78, 5) is 16.4. The molecule has 0 radical (unpaired) electrons. The van der Waals surface area contributed by atoms with Gasteiger partial charge in [-0.1, -0.05) is 0 Å². The Morgan fingerprint density at radius 3 is 2.76 bits per heavy atom. The second-order valence-corrected chi connectivity index (χ2v) is 4.11. The smallest absolute Gasteiger partial charge is 0.262 e. The Balaban J connectivity index is 2.92. The fraction of sp³-hybridized carbons (Fsp3) is 0.333. The van der Waals surface area contributed by atoms with E-state index in [1.807, 2.05) is 19.9 Å². The maximum atomic E-state index is 12.2. The van der Waals surface area contributed by atoms with Gasteiger partial charge in [-0.3, -0.25) is 9.36 Å². The van der Waals surface area contributed by atoms with Gasteiger partial charge in [0.15, 0.2) is 0 Å². The summed E-state index contributed by atoms with van der Waals surface area (Å²) in [5, 5.41) is 0.756. The molecule has 0 aliphatic rings. The summed E-state index contributed by atoms with van der Waals surface area (Å²) in [5.74, 6) is 0.652. The Morgan fingerprint density at radius 1 is 1.47 bits per heavy atom. The first kappa shape index (κ1) is 11.9. The highest BCUT2D eigenvalue weighted by atomic mass is 35.5. The Morgan fingerprint density at radius 2 is 2.18 bits per heavy atom. The minimum atomic E-state index is -0.135. The lowest BCUT2D eigenvalue weighted by Gasteiger charge is -2.09. The van der Waals surface area contributed by atoms with Crippen LogP contribution in [-0.4, -0.2) is 16.7 Å². The van der Waals surface area contributed by atoms with Crippen LogP contribution in [0.25, 0.3) is 10.9 Å². The number of hydrogen-bond donors (Lipinski definition) is 0. The molecule has 0 saturated carbocycles. The number of nitrogens with zero attached hydrogens (tertiary/aromatic N) is 2. The molecule has 0 unspecified atom stereocenters. The molecule has 0 amide bonds. The Bertz CT molecular complexity index is 634. The summed E-state index contributed by atoms with van der Waals surface area (Å²) in [7, 11) is 1.57. The molecule has 0 aliphatic heterocycles. The van der Waals surface area contributed by atoms with Crippen molar-refractivity contribution in [1.29, 1.82) is 0 Å². The lowest BCUT2D eigenvalue weighted by molar-refractivity contribution is 0.415. The van der Waals surface area contributed by atoms with Crippen LogP contribution in [0.3, 0.4) is 0 Å². The van der Waals surface area contributed by atoms with Crippen molar-refractivity contribution in [2.45, 2.75) is 20.4 Å². The van der Waals surface area contributed by atoms with Crippen molar-refractivity contribution in [1.82, 2.24) is 9.55 Å². The normalized spacial score (nSPS) is 10.8. The number of methoxy groups -OCH3 is 1. The number of benzene rings is 1. The molecule has 0 bridgehead atoms. The van der Waals surface area contributed by atoms with Gasteiger partial charge in [0.1, 0.15) is 5.75 Å². The predicted molar refractivity (Wildman–Crippen MR) is 68.0 cm³/mol. The number of halogens is 1. The maximum absolute atomic E-state index is 12.2. The summed E-state index contributed by atoms with van der Waals surface area (Å²) in [6.07, 6.45) is 0. The number of fused-ring (bicyclic) bond motifs is 1. The highest BCUT2D eigenvalue weighted by Gasteiger charge is 2.11. The van der Waals surface area contributed by atoms with Gasteiger partial charge < -0.3 is 4.74 Å². The molecule has 5 heteroatoms. The van der Waals surface area contributed by atoms with Crippen molar-refractivity contribution in [2.75, 3.05) is 7.11 Å². The number of aromatic nitrogens is 2. The van der Waals surface area contributed by atoms with E-state index in [0.717, 1.165) is 5.56 Å². The van der Waals surface area contributed by atoms with E-state index in [2.05, 4.69) is 4.98 Å². The van der Waals surface area contributed by atoms with Crippen LogP contribution in [0.5, 0.6) is 5.75 Å². The van der Waals surface area contributed by atoms with E-state index in [-0.39, 0.29) is 10.8 Å². The van der Waals surface area contributed by atoms with Crippen LogP contribution in [0.1, 0.15) is 12.5 Å². The van der Waals surface area contributed by atoms with Crippen LogP contribution in [0, 0.1) is 6.92 Å². The molecule has 4 nitrogen and oxygen atoms in total. The molecule has 1 heterocycles. The van der Waals surface area contributed by atoms with Crippen LogP contribution in [0.4, 0.5) is 0 Å². The molecule has 0 spiro atoms. The van der Waals surface area contributed by atoms with E-state index in [1.165, 1.54) is 4.57 Å². The summed E-state index contributed by atoms with van der Waals surface area (Å²) in [6.45, 7) is 4.23. The van der Waals surface area contributed by atoms with Gasteiger partial charge >= 0.3 is 0 Å². The second-order valence-electron chi connectivity index (χ2n) is 3.77. The zero-order valence-corrected chi connectivity index (χ0v) is 10.7. The summed E-state index contributed by atoms with van der Waals surface area (Å²) in [5.41, 5.74) is 1.37. The van der Waals surface area contributed by atoms with Crippen LogP contribution >= 0.6 is 11.6 Å². The highest BCUT2D eigenvalue weighted by molar-refractivity contribution is 6.28. The average molecular weight is 253 g/mol. The van der Waals surface area contributed by atoms with E-state index in [9.17, 15) is 4.79 Å². The number of rotatable bonds is 2. The second kappa shape index (κ2) is 4.37. The number of aryl methyl sites for hydroxylation is 1. The average Bonchev–Trinajstić information content (AvgIpc) is 2.31. The first-order valence-electron chi connectivity index (χ1n) is 5.33. The van der Waals surface area contributed by atoms with Crippen molar-refractivity contribution in [3.63, 3.8) is 0 Å². The zero-order valence-electron chi connectivity index (χ0n) is 9.95. The molecule has 90 valence electrons. The van der Waals surface area contributed by atoms with Gasteiger partial charge in [0, 0.05) is 6.54 Å². The molecule has 1 aromatic carbocycles. The van der Waals surface area contributed by atoms with E-state index in [4.69, 9.17) is 16.3 Å². The first-order valence-corrected chi connectivity index (χ1v) is 5.71. The van der Waals surface area contributed by atoms with Gasteiger partial charge in [-0.25, -0.2) is 4.98 Å². The molecule has 2 rings (SSSR count). The Kier molecular flexibility index (Phi) is 3.07. The molecule has 1 aromatic heterocycles. The Labute approximate surface area is 104 Å². The first-order chi connectivity index (χ1) is 8.08. The third-order valence-electron chi connectivity index (χ3n) is 2.73. The fourth-order valence-corrected chi connectivity index (χ4v) is 2.11. The van der Waals surface area contributed by atoms with Crippen LogP contribution in [0.15, 0.2) is 16.9 Å². The molecule has 0 saturated heterocycles. The number of hydrogen-bond acceptors (Lipinski definition) is 3. The molecule has 0 aliphatic carbocycles. The SMILES string of the molecule is CCn1c(Cl)nc2c(C)cc(OC)cc2c1=O. The minimum absolute atomic E-state index is 0.135. The minimum Gasteiger partial charge on any atom is -0.497 e. The Hall–Kier alpha value is -1.55. The topological polar surface area (TPSA) is 44.1 Å². The fourth-order valence-electron chi connectivity index (χ4n) is 1.83. The van der Waals surface area contributed by atoms with Gasteiger partial charge in [0.05, 0.1) is 18.0 Å². The van der Waals surface area contributed by atoms with Gasteiger partial charge in [0.25, 0.3) is 5.56 Å². The van der Waals surface area contributed by atoms with Crippen molar-refractivity contribution < 1.29 is 4.74 Å². The van der Waals surface area contributed by atoms with Gasteiger partial charge in [-0.05, 0) is 43.1 Å². The predicted octanol–water partition coefficient (Wildman–Crippen LogP) is 2.39. The van der Waals surface area contributed by atoms with E-state index < -0.39 is 0 Å². The lowest BCUT2D eigenvalue weighted by Crippen LogP contribution is -2.21. The molecule has 2 aromatic rings. The summed E-state index contributed by atoms with van der Waals surface area (Å²) >= 11 is 5.97. The zero-order chi connectivity index (χ0) is 12.6. The third-order valence-corrected chi connectivity index (χ3v) is 3.02. The van der Waals surface area contributed by atoms with Crippen molar-refractivity contribution in [3.8, 4) is 5.75 Å². The van der Waals surface area contributed by atoms with E-state index in [1.54, 1.807) is 13.2 Å². The van der Waals surface area contributed by atoms with Crippen LogP contribution in [-0.2, 0) is 6.54 Å². The summed E-state index contributed by atoms with van der Waals surface area (Å²) in [6, 6.07) is 3.53. The van der Waals surface area contributed by atoms with Gasteiger partial charge in [-0.2, -0.15) is 0 Å². The molecule has 0 fully saturated rings.